The second-order valence-electron chi connectivity index (χ2n) is 6.31. The smallest absolute Gasteiger partial charge is 0.241 e. The van der Waals surface area contributed by atoms with Crippen LogP contribution in [0.5, 0.6) is 0 Å². The van der Waals surface area contributed by atoms with Gasteiger partial charge in [0.1, 0.15) is 0 Å². The molecule has 0 spiro atoms. The monoisotopic (exact) mass is 268 g/mol. The number of hydrogen-bond acceptors (Lipinski definition) is 2. The molecule has 2 unspecified atom stereocenters. The van der Waals surface area contributed by atoms with Gasteiger partial charge in [-0.25, -0.2) is 0 Å². The highest BCUT2D eigenvalue weighted by Gasteiger charge is 2.34. The number of rotatable bonds is 9. The minimum absolute atomic E-state index is 0.0703. The van der Waals surface area contributed by atoms with Crippen molar-refractivity contribution in [1.29, 1.82) is 0 Å². The minimum Gasteiger partial charge on any atom is -0.326 e. The van der Waals surface area contributed by atoms with E-state index in [0.29, 0.717) is 5.91 Å². The fraction of sp³-hybridized carbons (Fsp3) is 0.938. The Labute approximate surface area is 119 Å². The first-order valence-electron chi connectivity index (χ1n) is 8.12. The Morgan fingerprint density at radius 2 is 1.89 bits per heavy atom. The third-order valence-corrected chi connectivity index (χ3v) is 4.00. The molecule has 0 aromatic carbocycles. The summed E-state index contributed by atoms with van der Waals surface area (Å²) in [6, 6.07) is 0.0703. The van der Waals surface area contributed by atoms with Crippen LogP contribution in [0.15, 0.2) is 0 Å². The molecule has 0 saturated carbocycles. The molecule has 1 saturated heterocycles. The predicted octanol–water partition coefficient (Wildman–Crippen LogP) is 3.54. The maximum Gasteiger partial charge on any atom is 0.241 e. The average Bonchev–Trinajstić information content (AvgIpc) is 2.60. The lowest BCUT2D eigenvalue weighted by Gasteiger charge is -2.20. The number of nitrogens with one attached hydrogen (secondary N) is 1. The van der Waals surface area contributed by atoms with Gasteiger partial charge in [-0.3, -0.25) is 10.1 Å². The summed E-state index contributed by atoms with van der Waals surface area (Å²) in [6.45, 7) is 9.73. The van der Waals surface area contributed by atoms with E-state index in [2.05, 4.69) is 33.0 Å². The third-order valence-electron chi connectivity index (χ3n) is 4.00. The number of amides is 1. The molecule has 1 fully saturated rings. The average molecular weight is 268 g/mol. The first-order valence-corrected chi connectivity index (χ1v) is 8.12. The van der Waals surface area contributed by atoms with Gasteiger partial charge in [-0.2, -0.15) is 0 Å². The highest BCUT2D eigenvalue weighted by Crippen LogP contribution is 2.16. The lowest BCUT2D eigenvalue weighted by Crippen LogP contribution is -2.35. The zero-order chi connectivity index (χ0) is 14.3. The summed E-state index contributed by atoms with van der Waals surface area (Å²) < 4.78 is 0. The Kier molecular flexibility index (Phi) is 7.44. The minimum atomic E-state index is 0.0703. The lowest BCUT2D eigenvalue weighted by atomic mass is 10.0. The summed E-state index contributed by atoms with van der Waals surface area (Å²) in [4.78, 5) is 14.2. The van der Waals surface area contributed by atoms with Gasteiger partial charge < -0.3 is 4.90 Å². The molecular weight excluding hydrogens is 236 g/mol. The van der Waals surface area contributed by atoms with Gasteiger partial charge >= 0.3 is 0 Å². The fourth-order valence-electron chi connectivity index (χ4n) is 2.83. The number of carbonyl (C=O) groups excluding carboxylic acids is 1. The Morgan fingerprint density at radius 3 is 2.53 bits per heavy atom. The standard InChI is InChI=1S/C16H32N2O/c1-5-10-15-16(19)18(14(4)17-15)12-9-7-6-8-11-13(2)3/h13-15,17H,5-12H2,1-4H3. The third kappa shape index (κ3) is 5.52. The van der Waals surface area contributed by atoms with Gasteiger partial charge in [-0.05, 0) is 25.7 Å². The van der Waals surface area contributed by atoms with Crippen LogP contribution in [-0.4, -0.2) is 29.6 Å². The molecule has 19 heavy (non-hydrogen) atoms. The zero-order valence-corrected chi connectivity index (χ0v) is 13.2. The predicted molar refractivity (Wildman–Crippen MR) is 80.9 cm³/mol. The summed E-state index contributed by atoms with van der Waals surface area (Å²) in [5, 5.41) is 3.40. The molecular formula is C16H32N2O. The van der Waals surface area contributed by atoms with Crippen molar-refractivity contribution in [2.45, 2.75) is 84.8 Å². The van der Waals surface area contributed by atoms with Crippen LogP contribution in [0.4, 0.5) is 0 Å². The van der Waals surface area contributed by atoms with Crippen LogP contribution in [0.3, 0.4) is 0 Å². The van der Waals surface area contributed by atoms with Crippen LogP contribution in [0.2, 0.25) is 0 Å². The summed E-state index contributed by atoms with van der Waals surface area (Å²) in [6.07, 6.45) is 8.63. The molecule has 3 nitrogen and oxygen atoms in total. The molecule has 1 N–H and O–H groups in total. The molecule has 112 valence electrons. The zero-order valence-electron chi connectivity index (χ0n) is 13.2. The van der Waals surface area contributed by atoms with E-state index < -0.39 is 0 Å². The van der Waals surface area contributed by atoms with E-state index in [1.54, 1.807) is 0 Å². The molecule has 0 bridgehead atoms. The highest BCUT2D eigenvalue weighted by molar-refractivity contribution is 5.84. The molecule has 0 aliphatic carbocycles. The van der Waals surface area contributed by atoms with E-state index in [-0.39, 0.29) is 12.2 Å². The molecule has 0 radical (unpaired) electrons. The largest absolute Gasteiger partial charge is 0.326 e. The molecule has 2 atom stereocenters. The molecule has 1 aliphatic rings. The van der Waals surface area contributed by atoms with E-state index in [0.717, 1.165) is 31.7 Å². The quantitative estimate of drug-likeness (QED) is 0.649. The molecule has 1 heterocycles. The maximum absolute atomic E-state index is 12.2. The lowest BCUT2D eigenvalue weighted by molar-refractivity contribution is -0.130. The topological polar surface area (TPSA) is 32.3 Å². The van der Waals surface area contributed by atoms with Gasteiger partial charge in [0, 0.05) is 6.54 Å². The van der Waals surface area contributed by atoms with Crippen molar-refractivity contribution in [3.05, 3.63) is 0 Å². The summed E-state index contributed by atoms with van der Waals surface area (Å²) in [7, 11) is 0. The van der Waals surface area contributed by atoms with Crippen molar-refractivity contribution in [1.82, 2.24) is 10.2 Å². The number of hydrogen-bond donors (Lipinski definition) is 1. The van der Waals surface area contributed by atoms with Gasteiger partial charge in [0.15, 0.2) is 0 Å². The second kappa shape index (κ2) is 8.57. The Morgan fingerprint density at radius 1 is 1.21 bits per heavy atom. The van der Waals surface area contributed by atoms with E-state index in [1.807, 2.05) is 4.90 Å². The van der Waals surface area contributed by atoms with E-state index in [1.165, 1.54) is 25.7 Å². The molecule has 1 amide bonds. The molecule has 1 aliphatic heterocycles. The van der Waals surface area contributed by atoms with Crippen LogP contribution in [0.1, 0.15) is 72.6 Å². The van der Waals surface area contributed by atoms with Crippen LogP contribution in [-0.2, 0) is 4.79 Å². The summed E-state index contributed by atoms with van der Waals surface area (Å²) >= 11 is 0. The molecule has 0 aromatic heterocycles. The van der Waals surface area contributed by atoms with Crippen molar-refractivity contribution in [3.63, 3.8) is 0 Å². The molecule has 3 heteroatoms. The number of unbranched alkanes of at least 4 members (excludes halogenated alkanes) is 3. The number of carbonyl (C=O) groups is 1. The Hall–Kier alpha value is -0.570. The van der Waals surface area contributed by atoms with Crippen LogP contribution in [0.25, 0.3) is 0 Å². The first-order chi connectivity index (χ1) is 9.06. The van der Waals surface area contributed by atoms with Crippen molar-refractivity contribution < 1.29 is 4.79 Å². The summed E-state index contributed by atoms with van der Waals surface area (Å²) in [5.74, 6) is 1.13. The van der Waals surface area contributed by atoms with Gasteiger partial charge in [0.2, 0.25) is 5.91 Å². The SMILES string of the molecule is CCCC1NC(C)N(CCCCCCC(C)C)C1=O. The van der Waals surface area contributed by atoms with Gasteiger partial charge in [0.25, 0.3) is 0 Å². The maximum atomic E-state index is 12.2. The fourth-order valence-corrected chi connectivity index (χ4v) is 2.83. The van der Waals surface area contributed by atoms with E-state index in [9.17, 15) is 4.79 Å². The Bertz CT molecular complexity index is 265. The van der Waals surface area contributed by atoms with E-state index in [4.69, 9.17) is 0 Å². The van der Waals surface area contributed by atoms with Crippen molar-refractivity contribution in [2.75, 3.05) is 6.54 Å². The van der Waals surface area contributed by atoms with Crippen molar-refractivity contribution in [2.24, 2.45) is 5.92 Å². The van der Waals surface area contributed by atoms with Crippen LogP contribution < -0.4 is 5.32 Å². The normalized spacial score (nSPS) is 23.6. The van der Waals surface area contributed by atoms with Crippen molar-refractivity contribution in [3.8, 4) is 0 Å². The second-order valence-corrected chi connectivity index (χ2v) is 6.31. The van der Waals surface area contributed by atoms with Crippen LogP contribution in [0, 0.1) is 5.92 Å². The number of nitrogens with zero attached hydrogens (tertiary/aromatic N) is 1. The van der Waals surface area contributed by atoms with Gasteiger partial charge in [-0.1, -0.05) is 52.9 Å². The van der Waals surface area contributed by atoms with Gasteiger partial charge in [-0.15, -0.1) is 0 Å². The van der Waals surface area contributed by atoms with Crippen LogP contribution >= 0.6 is 0 Å². The van der Waals surface area contributed by atoms with Gasteiger partial charge in [0.05, 0.1) is 12.2 Å². The van der Waals surface area contributed by atoms with Crippen molar-refractivity contribution >= 4 is 5.91 Å². The molecule has 1 rings (SSSR count). The Balaban J connectivity index is 2.16. The molecule has 0 aromatic rings. The van der Waals surface area contributed by atoms with E-state index >= 15 is 0 Å². The highest BCUT2D eigenvalue weighted by atomic mass is 16.2. The first kappa shape index (κ1) is 16.5. The summed E-state index contributed by atoms with van der Waals surface area (Å²) in [5.41, 5.74) is 0.